The Hall–Kier alpha value is -4.13. The van der Waals surface area contributed by atoms with Gasteiger partial charge < -0.3 is 4.74 Å². The first-order valence-corrected chi connectivity index (χ1v) is 9.11. The highest BCUT2D eigenvalue weighted by molar-refractivity contribution is 6.30. The summed E-state index contributed by atoms with van der Waals surface area (Å²) in [5, 5.41) is 11.8. The molecule has 0 fully saturated rings. The SMILES string of the molecule is Cc1ccc(COC(=O)c2ccc3c(c2[N+](=O)[O-])C(=O)c2ccccc2C3=O)cc1. The Balaban J connectivity index is 1.74. The topological polar surface area (TPSA) is 104 Å². The van der Waals surface area contributed by atoms with Crippen molar-refractivity contribution in [3.8, 4) is 0 Å². The minimum Gasteiger partial charge on any atom is -0.457 e. The maximum atomic E-state index is 13.0. The van der Waals surface area contributed by atoms with Crippen LogP contribution in [0.25, 0.3) is 0 Å². The predicted molar refractivity (Wildman–Crippen MR) is 107 cm³/mol. The minimum absolute atomic E-state index is 0.0725. The third-order valence-corrected chi connectivity index (χ3v) is 4.96. The molecule has 4 rings (SSSR count). The Morgan fingerprint density at radius 3 is 2.17 bits per heavy atom. The van der Waals surface area contributed by atoms with Gasteiger partial charge in [-0.2, -0.15) is 0 Å². The summed E-state index contributed by atoms with van der Waals surface area (Å²) in [6.07, 6.45) is 0. The Morgan fingerprint density at radius 1 is 0.900 bits per heavy atom. The van der Waals surface area contributed by atoms with Gasteiger partial charge in [0.2, 0.25) is 5.78 Å². The van der Waals surface area contributed by atoms with Crippen molar-refractivity contribution in [2.75, 3.05) is 0 Å². The molecule has 0 saturated carbocycles. The molecule has 0 heterocycles. The van der Waals surface area contributed by atoms with Gasteiger partial charge in [0.05, 0.1) is 4.92 Å². The molecule has 1 aliphatic rings. The van der Waals surface area contributed by atoms with Crippen LogP contribution in [0.1, 0.15) is 53.3 Å². The Labute approximate surface area is 171 Å². The van der Waals surface area contributed by atoms with E-state index in [0.29, 0.717) is 0 Å². The van der Waals surface area contributed by atoms with Crippen LogP contribution in [0.3, 0.4) is 0 Å². The summed E-state index contributed by atoms with van der Waals surface area (Å²) in [4.78, 5) is 49.3. The van der Waals surface area contributed by atoms with Crippen molar-refractivity contribution in [2.24, 2.45) is 0 Å². The molecule has 0 amide bonds. The van der Waals surface area contributed by atoms with Gasteiger partial charge in [-0.05, 0) is 24.6 Å². The maximum Gasteiger partial charge on any atom is 0.345 e. The summed E-state index contributed by atoms with van der Waals surface area (Å²) < 4.78 is 5.23. The molecule has 148 valence electrons. The number of nitrogens with zero attached hydrogens (tertiary/aromatic N) is 1. The van der Waals surface area contributed by atoms with Crippen LogP contribution in [0.4, 0.5) is 5.69 Å². The number of fused-ring (bicyclic) bond motifs is 2. The van der Waals surface area contributed by atoms with Crippen molar-refractivity contribution in [1.82, 2.24) is 0 Å². The predicted octanol–water partition coefficient (Wildman–Crippen LogP) is 4.04. The van der Waals surface area contributed by atoms with Gasteiger partial charge in [-0.15, -0.1) is 0 Å². The number of nitro benzene ring substituents is 1. The number of hydrogen-bond donors (Lipinski definition) is 0. The van der Waals surface area contributed by atoms with Crippen molar-refractivity contribution in [2.45, 2.75) is 13.5 Å². The number of hydrogen-bond acceptors (Lipinski definition) is 6. The second-order valence-electron chi connectivity index (χ2n) is 6.91. The molecule has 0 spiro atoms. The van der Waals surface area contributed by atoms with Gasteiger partial charge in [0.1, 0.15) is 17.7 Å². The molecular formula is C23H15NO6. The van der Waals surface area contributed by atoms with E-state index < -0.39 is 28.1 Å². The lowest BCUT2D eigenvalue weighted by molar-refractivity contribution is -0.385. The lowest BCUT2D eigenvalue weighted by Gasteiger charge is -2.18. The molecule has 0 aromatic heterocycles. The van der Waals surface area contributed by atoms with Crippen LogP contribution < -0.4 is 0 Å². The maximum absolute atomic E-state index is 13.0. The van der Waals surface area contributed by atoms with E-state index in [-0.39, 0.29) is 34.4 Å². The average Bonchev–Trinajstić information content (AvgIpc) is 2.75. The number of ether oxygens (including phenoxy) is 1. The van der Waals surface area contributed by atoms with Gasteiger partial charge in [-0.1, -0.05) is 54.1 Å². The molecule has 7 nitrogen and oxygen atoms in total. The van der Waals surface area contributed by atoms with Crippen LogP contribution in [0.15, 0.2) is 60.7 Å². The van der Waals surface area contributed by atoms with Crippen LogP contribution >= 0.6 is 0 Å². The first-order chi connectivity index (χ1) is 14.4. The van der Waals surface area contributed by atoms with Crippen molar-refractivity contribution in [1.29, 1.82) is 0 Å². The zero-order chi connectivity index (χ0) is 21.4. The van der Waals surface area contributed by atoms with Gasteiger partial charge >= 0.3 is 5.97 Å². The third-order valence-electron chi connectivity index (χ3n) is 4.96. The summed E-state index contributed by atoms with van der Waals surface area (Å²) in [7, 11) is 0. The van der Waals surface area contributed by atoms with Crippen LogP contribution in [-0.2, 0) is 11.3 Å². The summed E-state index contributed by atoms with van der Waals surface area (Å²) in [6, 6.07) is 15.8. The number of ketones is 2. The third kappa shape index (κ3) is 3.16. The molecule has 1 aliphatic carbocycles. The number of rotatable bonds is 4. The van der Waals surface area contributed by atoms with E-state index >= 15 is 0 Å². The average molecular weight is 401 g/mol. The van der Waals surface area contributed by atoms with E-state index in [2.05, 4.69) is 0 Å². The largest absolute Gasteiger partial charge is 0.457 e. The van der Waals surface area contributed by atoms with Crippen LogP contribution in [0.5, 0.6) is 0 Å². The Bertz CT molecular complexity index is 1230. The minimum atomic E-state index is -0.941. The summed E-state index contributed by atoms with van der Waals surface area (Å²) in [5.74, 6) is -2.10. The fourth-order valence-corrected chi connectivity index (χ4v) is 3.43. The quantitative estimate of drug-likeness (QED) is 0.290. The highest BCUT2D eigenvalue weighted by atomic mass is 16.6. The monoisotopic (exact) mass is 401 g/mol. The van der Waals surface area contributed by atoms with Gasteiger partial charge in [0, 0.05) is 16.7 Å². The van der Waals surface area contributed by atoms with Gasteiger partial charge in [-0.3, -0.25) is 19.7 Å². The molecule has 30 heavy (non-hydrogen) atoms. The summed E-state index contributed by atoms with van der Waals surface area (Å²) >= 11 is 0. The molecule has 7 heteroatoms. The fourth-order valence-electron chi connectivity index (χ4n) is 3.43. The summed E-state index contributed by atoms with van der Waals surface area (Å²) in [5.41, 5.74) is 0.450. The lowest BCUT2D eigenvalue weighted by Crippen LogP contribution is -2.23. The van der Waals surface area contributed by atoms with Gasteiger partial charge in [-0.25, -0.2) is 4.79 Å². The van der Waals surface area contributed by atoms with E-state index in [0.717, 1.165) is 17.2 Å². The van der Waals surface area contributed by atoms with Crippen molar-refractivity contribution >= 4 is 23.2 Å². The van der Waals surface area contributed by atoms with E-state index in [9.17, 15) is 24.5 Å². The molecule has 0 atom stereocenters. The molecule has 3 aromatic rings. The highest BCUT2D eigenvalue weighted by Gasteiger charge is 2.38. The second-order valence-corrected chi connectivity index (χ2v) is 6.91. The molecule has 0 bridgehead atoms. The van der Waals surface area contributed by atoms with Crippen molar-refractivity contribution in [3.05, 3.63) is 110 Å². The van der Waals surface area contributed by atoms with Crippen LogP contribution in [0.2, 0.25) is 0 Å². The molecule has 0 radical (unpaired) electrons. The van der Waals surface area contributed by atoms with Crippen molar-refractivity contribution in [3.63, 3.8) is 0 Å². The zero-order valence-electron chi connectivity index (χ0n) is 15.9. The molecule has 0 saturated heterocycles. The normalized spacial score (nSPS) is 12.2. The Morgan fingerprint density at radius 2 is 1.53 bits per heavy atom. The molecule has 0 unspecified atom stereocenters. The molecule has 0 aliphatic heterocycles. The molecule has 0 N–H and O–H groups in total. The van der Waals surface area contributed by atoms with Crippen molar-refractivity contribution < 1.29 is 24.0 Å². The van der Waals surface area contributed by atoms with Crippen LogP contribution in [-0.4, -0.2) is 22.5 Å². The second kappa shape index (κ2) is 7.36. The number of aryl methyl sites for hydroxylation is 1. The first-order valence-electron chi connectivity index (χ1n) is 9.11. The van der Waals surface area contributed by atoms with Gasteiger partial charge in [0.25, 0.3) is 5.69 Å². The first kappa shape index (κ1) is 19.2. The molecular weight excluding hydrogens is 386 g/mol. The number of nitro groups is 1. The smallest absolute Gasteiger partial charge is 0.345 e. The zero-order valence-corrected chi connectivity index (χ0v) is 15.9. The number of benzene rings is 3. The Kier molecular flexibility index (Phi) is 4.71. The fraction of sp³-hybridized carbons (Fsp3) is 0.0870. The lowest BCUT2D eigenvalue weighted by atomic mass is 9.82. The van der Waals surface area contributed by atoms with E-state index in [4.69, 9.17) is 4.74 Å². The summed E-state index contributed by atoms with van der Waals surface area (Å²) in [6.45, 7) is 1.84. The number of esters is 1. The van der Waals surface area contributed by atoms with E-state index in [1.165, 1.54) is 18.2 Å². The van der Waals surface area contributed by atoms with E-state index in [1.807, 2.05) is 19.1 Å². The molecule has 3 aromatic carbocycles. The van der Waals surface area contributed by atoms with Crippen LogP contribution in [0, 0.1) is 17.0 Å². The van der Waals surface area contributed by atoms with E-state index in [1.54, 1.807) is 24.3 Å². The standard InChI is InChI=1S/C23H15NO6/c1-13-6-8-14(9-7-13)12-30-23(27)18-11-10-17-19(20(18)24(28)29)22(26)16-5-3-2-4-15(16)21(17)25/h2-11H,12H2,1H3. The van der Waals surface area contributed by atoms with Gasteiger partial charge in [0.15, 0.2) is 5.78 Å². The number of carbonyl (C=O) groups is 3. The highest BCUT2D eigenvalue weighted by Crippen LogP contribution is 2.35. The number of carbonyl (C=O) groups excluding carboxylic acids is 3.